The second kappa shape index (κ2) is 5.90. The summed E-state index contributed by atoms with van der Waals surface area (Å²) in [5.41, 5.74) is 0. The van der Waals surface area contributed by atoms with Crippen molar-refractivity contribution in [2.24, 2.45) is 0 Å². The number of hydrogen-bond acceptors (Lipinski definition) is 3. The van der Waals surface area contributed by atoms with Gasteiger partial charge in [-0.1, -0.05) is 24.3 Å². The Labute approximate surface area is 124 Å². The lowest BCUT2D eigenvalue weighted by Crippen LogP contribution is -2.40. The van der Waals surface area contributed by atoms with E-state index in [4.69, 9.17) is 21.1 Å². The number of nitrogens with zero attached hydrogens (tertiary/aromatic N) is 1. The molecule has 20 heavy (non-hydrogen) atoms. The summed E-state index contributed by atoms with van der Waals surface area (Å²) in [6, 6.07) is 12.3. The lowest BCUT2D eigenvalue weighted by molar-refractivity contribution is 0.0672. The lowest BCUT2D eigenvalue weighted by Gasteiger charge is -2.29. The van der Waals surface area contributed by atoms with Crippen molar-refractivity contribution in [1.29, 1.82) is 0 Å². The first-order chi connectivity index (χ1) is 9.76. The van der Waals surface area contributed by atoms with Crippen LogP contribution in [0.5, 0.6) is 11.5 Å². The third-order valence-corrected chi connectivity index (χ3v) is 3.68. The summed E-state index contributed by atoms with van der Waals surface area (Å²) in [5.74, 6) is 2.30. The highest BCUT2D eigenvalue weighted by Crippen LogP contribution is 2.35. The molecule has 1 aliphatic heterocycles. The van der Waals surface area contributed by atoms with Crippen molar-refractivity contribution in [3.63, 3.8) is 0 Å². The molecule has 4 heteroatoms. The normalized spacial score (nSPS) is 17.6. The van der Waals surface area contributed by atoms with Gasteiger partial charge in [-0.15, -0.1) is 11.6 Å². The zero-order valence-corrected chi connectivity index (χ0v) is 12.3. The minimum Gasteiger partial charge on any atom is -0.486 e. The number of halogens is 1. The zero-order chi connectivity index (χ0) is 13.9. The van der Waals surface area contributed by atoms with Crippen molar-refractivity contribution < 1.29 is 9.47 Å². The van der Waals surface area contributed by atoms with Gasteiger partial charge in [0.2, 0.25) is 0 Å². The Balaban J connectivity index is 1.78. The van der Waals surface area contributed by atoms with Crippen LogP contribution in [0.1, 0.15) is 0 Å². The second-order valence-electron chi connectivity index (χ2n) is 5.15. The predicted octanol–water partition coefficient (Wildman–Crippen LogP) is 3.15. The maximum atomic E-state index is 6.05. The molecule has 0 saturated carbocycles. The summed E-state index contributed by atoms with van der Waals surface area (Å²) in [7, 11) is 2.04. The Bertz CT molecular complexity index is 602. The lowest BCUT2D eigenvalue weighted by atomic mass is 10.1. The van der Waals surface area contributed by atoms with Crippen LogP contribution in [0, 0.1) is 0 Å². The summed E-state index contributed by atoms with van der Waals surface area (Å²) in [5, 5.41) is 2.34. The van der Waals surface area contributed by atoms with E-state index in [9.17, 15) is 0 Å². The fraction of sp³-hybridized carbons (Fsp3) is 0.375. The minimum absolute atomic E-state index is 0.0527. The fourth-order valence-corrected chi connectivity index (χ4v) is 2.76. The molecule has 3 nitrogen and oxygen atoms in total. The topological polar surface area (TPSA) is 21.7 Å². The Hall–Kier alpha value is -1.45. The number of benzene rings is 2. The first kappa shape index (κ1) is 13.5. The molecule has 1 atom stereocenters. The van der Waals surface area contributed by atoms with Gasteiger partial charge in [-0.05, 0) is 30.0 Å². The molecule has 2 aromatic rings. The van der Waals surface area contributed by atoms with E-state index in [1.165, 1.54) is 10.8 Å². The van der Waals surface area contributed by atoms with E-state index in [1.807, 2.05) is 25.2 Å². The number of rotatable bonds is 4. The van der Waals surface area contributed by atoms with Crippen LogP contribution in [-0.2, 0) is 0 Å². The van der Waals surface area contributed by atoms with Crippen molar-refractivity contribution in [2.45, 2.75) is 6.10 Å². The van der Waals surface area contributed by atoms with Gasteiger partial charge in [-0.3, -0.25) is 0 Å². The highest BCUT2D eigenvalue weighted by atomic mass is 35.5. The van der Waals surface area contributed by atoms with Gasteiger partial charge in [0, 0.05) is 19.0 Å². The van der Waals surface area contributed by atoms with Crippen LogP contribution in [0.15, 0.2) is 36.4 Å². The van der Waals surface area contributed by atoms with Gasteiger partial charge >= 0.3 is 0 Å². The zero-order valence-electron chi connectivity index (χ0n) is 11.5. The molecule has 0 radical (unpaired) electrons. The smallest absolute Gasteiger partial charge is 0.162 e. The highest BCUT2D eigenvalue weighted by Gasteiger charge is 2.22. The highest BCUT2D eigenvalue weighted by molar-refractivity contribution is 6.18. The maximum Gasteiger partial charge on any atom is 0.162 e. The van der Waals surface area contributed by atoms with Crippen molar-refractivity contribution in [2.75, 3.05) is 32.6 Å². The standard InChI is InChI=1S/C16H18ClNO2/c1-18(7-6-17)10-14-11-19-15-8-12-4-2-3-5-13(12)9-16(15)20-14/h2-5,8-9,14H,6-7,10-11H2,1H3. The van der Waals surface area contributed by atoms with Crippen LogP contribution in [0.25, 0.3) is 10.8 Å². The number of ether oxygens (including phenoxy) is 2. The van der Waals surface area contributed by atoms with Gasteiger partial charge in [-0.2, -0.15) is 0 Å². The Morgan fingerprint density at radius 2 is 1.90 bits per heavy atom. The largest absolute Gasteiger partial charge is 0.486 e. The van der Waals surface area contributed by atoms with Gasteiger partial charge in [-0.25, -0.2) is 0 Å². The summed E-state index contributed by atoms with van der Waals surface area (Å²) in [6.45, 7) is 2.25. The third-order valence-electron chi connectivity index (χ3n) is 3.51. The number of alkyl halides is 1. The quantitative estimate of drug-likeness (QED) is 0.808. The fourth-order valence-electron chi connectivity index (χ4n) is 2.47. The van der Waals surface area contributed by atoms with E-state index in [0.717, 1.165) is 24.6 Å². The SMILES string of the molecule is CN(CCCl)CC1COc2cc3ccccc3cc2O1. The van der Waals surface area contributed by atoms with Crippen molar-refractivity contribution in [1.82, 2.24) is 4.90 Å². The Morgan fingerprint density at radius 3 is 2.60 bits per heavy atom. The van der Waals surface area contributed by atoms with Gasteiger partial charge in [0.1, 0.15) is 12.7 Å². The van der Waals surface area contributed by atoms with E-state index < -0.39 is 0 Å². The van der Waals surface area contributed by atoms with Crippen LogP contribution in [-0.4, -0.2) is 43.6 Å². The molecule has 0 spiro atoms. The van der Waals surface area contributed by atoms with E-state index in [-0.39, 0.29) is 6.10 Å². The van der Waals surface area contributed by atoms with E-state index in [1.54, 1.807) is 0 Å². The van der Waals surface area contributed by atoms with Gasteiger partial charge in [0.25, 0.3) is 0 Å². The number of likely N-dealkylation sites (N-methyl/N-ethyl adjacent to an activating group) is 1. The molecule has 0 saturated heterocycles. The molecule has 0 aliphatic carbocycles. The first-order valence-electron chi connectivity index (χ1n) is 6.83. The minimum atomic E-state index is 0.0527. The molecule has 106 valence electrons. The molecule has 0 bridgehead atoms. The van der Waals surface area contributed by atoms with Crippen molar-refractivity contribution >= 4 is 22.4 Å². The molecule has 0 aromatic heterocycles. The van der Waals surface area contributed by atoms with E-state index >= 15 is 0 Å². The van der Waals surface area contributed by atoms with Gasteiger partial charge in [0.15, 0.2) is 11.5 Å². The summed E-state index contributed by atoms with van der Waals surface area (Å²) >= 11 is 5.75. The molecule has 2 aromatic carbocycles. The average molecular weight is 292 g/mol. The molecule has 1 unspecified atom stereocenters. The summed E-state index contributed by atoms with van der Waals surface area (Å²) in [6.07, 6.45) is 0.0527. The summed E-state index contributed by atoms with van der Waals surface area (Å²) < 4.78 is 11.9. The first-order valence-corrected chi connectivity index (χ1v) is 7.36. The van der Waals surface area contributed by atoms with Crippen LogP contribution >= 0.6 is 11.6 Å². The van der Waals surface area contributed by atoms with E-state index in [0.29, 0.717) is 12.5 Å². The van der Waals surface area contributed by atoms with Crippen molar-refractivity contribution in [3.8, 4) is 11.5 Å². The maximum absolute atomic E-state index is 6.05. The summed E-state index contributed by atoms with van der Waals surface area (Å²) in [4.78, 5) is 2.16. The molecule has 0 fully saturated rings. The number of hydrogen-bond donors (Lipinski definition) is 0. The van der Waals surface area contributed by atoms with E-state index in [2.05, 4.69) is 23.1 Å². The predicted molar refractivity (Wildman–Crippen MR) is 82.1 cm³/mol. The van der Waals surface area contributed by atoms with Crippen LogP contribution in [0.2, 0.25) is 0 Å². The van der Waals surface area contributed by atoms with Gasteiger partial charge < -0.3 is 14.4 Å². The molecule has 1 heterocycles. The van der Waals surface area contributed by atoms with Crippen molar-refractivity contribution in [3.05, 3.63) is 36.4 Å². The molecule has 3 rings (SSSR count). The average Bonchev–Trinajstić information content (AvgIpc) is 2.45. The number of fused-ring (bicyclic) bond motifs is 2. The molecular weight excluding hydrogens is 274 g/mol. The van der Waals surface area contributed by atoms with Crippen LogP contribution in [0.4, 0.5) is 0 Å². The van der Waals surface area contributed by atoms with Gasteiger partial charge in [0.05, 0.1) is 0 Å². The second-order valence-corrected chi connectivity index (χ2v) is 5.53. The molecular formula is C16H18ClNO2. The molecule has 0 amide bonds. The third kappa shape index (κ3) is 2.84. The molecule has 1 aliphatic rings. The molecule has 0 N–H and O–H groups in total. The Kier molecular flexibility index (Phi) is 3.99. The Morgan fingerprint density at radius 1 is 1.20 bits per heavy atom. The monoisotopic (exact) mass is 291 g/mol. The van der Waals surface area contributed by atoms with Crippen LogP contribution in [0.3, 0.4) is 0 Å². The van der Waals surface area contributed by atoms with Crippen LogP contribution < -0.4 is 9.47 Å².